The minimum atomic E-state index is -0.247. The molecular formula is C23H30N6O2. The van der Waals surface area contributed by atoms with Gasteiger partial charge >= 0.3 is 0 Å². The topological polar surface area (TPSA) is 88.9 Å². The van der Waals surface area contributed by atoms with Gasteiger partial charge in [-0.25, -0.2) is 4.68 Å². The monoisotopic (exact) mass is 422 g/mol. The number of nitrogens with zero attached hydrogens (tertiary/aromatic N) is 5. The molecule has 1 aliphatic heterocycles. The Balaban J connectivity index is 1.61. The fourth-order valence-electron chi connectivity index (χ4n) is 5.13. The molecular weight excluding hydrogens is 392 g/mol. The summed E-state index contributed by atoms with van der Waals surface area (Å²) in [5, 5.41) is 13.9. The summed E-state index contributed by atoms with van der Waals surface area (Å²) in [5.41, 5.74) is 1.44. The lowest BCUT2D eigenvalue weighted by Gasteiger charge is -2.29. The zero-order chi connectivity index (χ0) is 21.2. The number of hydrogen-bond donors (Lipinski definition) is 1. The number of benzene rings is 1. The lowest BCUT2D eigenvalue weighted by molar-refractivity contribution is 0.243. The molecule has 1 aliphatic carbocycles. The van der Waals surface area contributed by atoms with Gasteiger partial charge in [0.25, 0.3) is 5.56 Å². The van der Waals surface area contributed by atoms with Gasteiger partial charge < -0.3 is 9.72 Å². The first-order valence-electron chi connectivity index (χ1n) is 11.6. The second kappa shape index (κ2) is 8.78. The van der Waals surface area contributed by atoms with Crippen molar-refractivity contribution in [1.29, 1.82) is 0 Å². The standard InChI is InChI=1S/C23H30N6O2/c1-2-31-18-10-11-20-16(14-18)15-19(23(30)24-20)21(28-12-6-7-13-28)22-25-26-27-29(22)17-8-4-3-5-9-17/h10-11,14-15,17,21H,2-9,12-13H2,1H3,(H,24,30)/t21-/m1/s1. The van der Waals surface area contributed by atoms with Crippen LogP contribution < -0.4 is 10.3 Å². The van der Waals surface area contributed by atoms with Crippen molar-refractivity contribution in [2.75, 3.05) is 19.7 Å². The molecule has 2 aliphatic rings. The molecule has 0 radical (unpaired) electrons. The van der Waals surface area contributed by atoms with E-state index < -0.39 is 0 Å². The van der Waals surface area contributed by atoms with Crippen LogP contribution in [0.1, 0.15) is 75.3 Å². The minimum absolute atomic E-state index is 0.0771. The fourth-order valence-corrected chi connectivity index (χ4v) is 5.13. The van der Waals surface area contributed by atoms with Crippen molar-refractivity contribution in [3.05, 3.63) is 46.0 Å². The van der Waals surface area contributed by atoms with Crippen LogP contribution in [0, 0.1) is 0 Å². The maximum absolute atomic E-state index is 13.2. The smallest absolute Gasteiger partial charge is 0.253 e. The molecule has 164 valence electrons. The largest absolute Gasteiger partial charge is 0.494 e. The molecule has 1 aromatic carbocycles. The van der Waals surface area contributed by atoms with Gasteiger partial charge in [-0.15, -0.1) is 5.10 Å². The van der Waals surface area contributed by atoms with Crippen LogP contribution in [-0.2, 0) is 0 Å². The van der Waals surface area contributed by atoms with E-state index in [1.807, 2.05) is 35.9 Å². The Morgan fingerprint density at radius 2 is 1.94 bits per heavy atom. The molecule has 1 N–H and O–H groups in total. The highest BCUT2D eigenvalue weighted by Gasteiger charge is 2.33. The zero-order valence-electron chi connectivity index (χ0n) is 18.1. The SMILES string of the molecule is CCOc1ccc2[nH]c(=O)c([C@H](c3nnnn3C3CCCCC3)N3CCCC3)cc2c1. The molecule has 8 heteroatoms. The maximum atomic E-state index is 13.2. The van der Waals surface area contributed by atoms with E-state index >= 15 is 0 Å². The van der Waals surface area contributed by atoms with Crippen molar-refractivity contribution in [3.8, 4) is 5.75 Å². The molecule has 8 nitrogen and oxygen atoms in total. The number of tetrazole rings is 1. The molecule has 0 spiro atoms. The number of fused-ring (bicyclic) bond motifs is 1. The van der Waals surface area contributed by atoms with E-state index in [0.717, 1.165) is 61.2 Å². The normalized spacial score (nSPS) is 19.1. The van der Waals surface area contributed by atoms with Crippen molar-refractivity contribution in [3.63, 3.8) is 0 Å². The lowest BCUT2D eigenvalue weighted by Crippen LogP contribution is -2.34. The first kappa shape index (κ1) is 20.2. The van der Waals surface area contributed by atoms with Gasteiger partial charge in [-0.2, -0.15) is 0 Å². The van der Waals surface area contributed by atoms with Gasteiger partial charge in [0.05, 0.1) is 12.6 Å². The summed E-state index contributed by atoms with van der Waals surface area (Å²) in [5.74, 6) is 1.59. The van der Waals surface area contributed by atoms with Gasteiger partial charge in [-0.1, -0.05) is 19.3 Å². The second-order valence-corrected chi connectivity index (χ2v) is 8.65. The highest BCUT2D eigenvalue weighted by molar-refractivity contribution is 5.80. The Labute approximate surface area is 181 Å². The highest BCUT2D eigenvalue weighted by Crippen LogP contribution is 2.34. The van der Waals surface area contributed by atoms with Crippen molar-refractivity contribution < 1.29 is 4.74 Å². The summed E-state index contributed by atoms with van der Waals surface area (Å²) >= 11 is 0. The quantitative estimate of drug-likeness (QED) is 0.653. The molecule has 2 aromatic heterocycles. The van der Waals surface area contributed by atoms with Crippen LogP contribution in [0.25, 0.3) is 10.9 Å². The van der Waals surface area contributed by atoms with Crippen molar-refractivity contribution >= 4 is 10.9 Å². The van der Waals surface area contributed by atoms with Crippen LogP contribution in [0.15, 0.2) is 29.1 Å². The summed E-state index contributed by atoms with van der Waals surface area (Å²) < 4.78 is 7.68. The van der Waals surface area contributed by atoms with Crippen molar-refractivity contribution in [2.24, 2.45) is 0 Å². The fraction of sp³-hybridized carbons (Fsp3) is 0.565. The second-order valence-electron chi connectivity index (χ2n) is 8.65. The molecule has 1 saturated heterocycles. The summed E-state index contributed by atoms with van der Waals surface area (Å²) in [6.07, 6.45) is 8.12. The van der Waals surface area contributed by atoms with Gasteiger partial charge in [0.1, 0.15) is 11.8 Å². The average Bonchev–Trinajstić information content (AvgIpc) is 3.48. The average molecular weight is 423 g/mol. The summed E-state index contributed by atoms with van der Waals surface area (Å²) in [7, 11) is 0. The van der Waals surface area contributed by atoms with E-state index in [9.17, 15) is 4.79 Å². The van der Waals surface area contributed by atoms with Crippen LogP contribution in [0.2, 0.25) is 0 Å². The highest BCUT2D eigenvalue weighted by atomic mass is 16.5. The third kappa shape index (κ3) is 3.96. The van der Waals surface area contributed by atoms with E-state index in [4.69, 9.17) is 4.74 Å². The van der Waals surface area contributed by atoms with E-state index in [2.05, 4.69) is 25.4 Å². The zero-order valence-corrected chi connectivity index (χ0v) is 18.1. The first-order valence-corrected chi connectivity index (χ1v) is 11.6. The molecule has 0 amide bonds. The van der Waals surface area contributed by atoms with E-state index in [0.29, 0.717) is 18.2 Å². The first-order chi connectivity index (χ1) is 15.2. The molecule has 0 unspecified atom stereocenters. The Bertz CT molecular complexity index is 1090. The molecule has 0 bridgehead atoms. The predicted molar refractivity (Wildman–Crippen MR) is 118 cm³/mol. The Morgan fingerprint density at radius 3 is 2.71 bits per heavy atom. The third-order valence-electron chi connectivity index (χ3n) is 6.64. The van der Waals surface area contributed by atoms with Crippen LogP contribution in [0.5, 0.6) is 5.75 Å². The Kier molecular flexibility index (Phi) is 5.72. The van der Waals surface area contributed by atoms with Crippen molar-refractivity contribution in [2.45, 2.75) is 64.0 Å². The van der Waals surface area contributed by atoms with Gasteiger partial charge in [0, 0.05) is 16.5 Å². The predicted octanol–water partition coefficient (Wildman–Crippen LogP) is 3.60. The van der Waals surface area contributed by atoms with E-state index in [1.165, 1.54) is 19.3 Å². The van der Waals surface area contributed by atoms with Gasteiger partial charge in [-0.3, -0.25) is 9.69 Å². The number of aromatic amines is 1. The number of aromatic nitrogens is 5. The molecule has 1 saturated carbocycles. The third-order valence-corrected chi connectivity index (χ3v) is 6.64. The number of ether oxygens (including phenoxy) is 1. The minimum Gasteiger partial charge on any atom is -0.494 e. The molecule has 3 aromatic rings. The maximum Gasteiger partial charge on any atom is 0.253 e. The van der Waals surface area contributed by atoms with Gasteiger partial charge in [0.15, 0.2) is 5.82 Å². The molecule has 3 heterocycles. The van der Waals surface area contributed by atoms with Crippen molar-refractivity contribution in [1.82, 2.24) is 30.1 Å². The van der Waals surface area contributed by atoms with Crippen LogP contribution in [-0.4, -0.2) is 49.8 Å². The number of nitrogens with one attached hydrogen (secondary N) is 1. The Hall–Kier alpha value is -2.74. The van der Waals surface area contributed by atoms with Gasteiger partial charge in [-0.05, 0) is 80.4 Å². The van der Waals surface area contributed by atoms with Crippen LogP contribution in [0.4, 0.5) is 0 Å². The number of H-pyrrole nitrogens is 1. The number of likely N-dealkylation sites (tertiary alicyclic amines) is 1. The number of hydrogen-bond acceptors (Lipinski definition) is 6. The lowest BCUT2D eigenvalue weighted by atomic mass is 9.95. The molecule has 5 rings (SSSR count). The summed E-state index contributed by atoms with van der Waals surface area (Å²) in [4.78, 5) is 18.7. The van der Waals surface area contributed by atoms with E-state index in [-0.39, 0.29) is 11.6 Å². The van der Waals surface area contributed by atoms with Crippen LogP contribution in [0.3, 0.4) is 0 Å². The Morgan fingerprint density at radius 1 is 1.13 bits per heavy atom. The van der Waals surface area contributed by atoms with Gasteiger partial charge in [0.2, 0.25) is 0 Å². The van der Waals surface area contributed by atoms with E-state index in [1.54, 1.807) is 0 Å². The molecule has 1 atom stereocenters. The summed E-state index contributed by atoms with van der Waals surface area (Å²) in [6, 6.07) is 7.85. The molecule has 2 fully saturated rings. The number of pyridine rings is 1. The van der Waals surface area contributed by atoms with Crippen LogP contribution >= 0.6 is 0 Å². The summed E-state index contributed by atoms with van der Waals surface area (Å²) in [6.45, 7) is 4.46. The molecule has 31 heavy (non-hydrogen) atoms. The number of rotatable bonds is 6.